The maximum absolute atomic E-state index is 11.6. The Labute approximate surface area is 125 Å². The second-order valence-corrected chi connectivity index (χ2v) is 4.83. The highest BCUT2D eigenvalue weighted by atomic mass is 16.4. The predicted octanol–water partition coefficient (Wildman–Crippen LogP) is 1.11. The maximum Gasteiger partial charge on any atom is 0.314 e. The van der Waals surface area contributed by atoms with Crippen molar-refractivity contribution < 1.29 is 14.7 Å². The van der Waals surface area contributed by atoms with Gasteiger partial charge in [-0.25, -0.2) is 4.79 Å². The highest BCUT2D eigenvalue weighted by Gasteiger charge is 2.20. The van der Waals surface area contributed by atoms with Gasteiger partial charge in [0.25, 0.3) is 0 Å². The minimum atomic E-state index is -0.952. The first-order chi connectivity index (χ1) is 10.0. The van der Waals surface area contributed by atoms with E-state index < -0.39 is 11.9 Å². The lowest BCUT2D eigenvalue weighted by Gasteiger charge is -2.16. The van der Waals surface area contributed by atoms with E-state index in [9.17, 15) is 14.7 Å². The SMILES string of the molecule is CCN(C)CCNC(=O)NCC(C(=O)O)c1ccccc1. The number of nitrogens with one attached hydrogen (secondary N) is 2. The smallest absolute Gasteiger partial charge is 0.314 e. The molecule has 0 aliphatic carbocycles. The number of nitrogens with zero attached hydrogens (tertiary/aromatic N) is 1. The molecular formula is C15H23N3O3. The molecule has 1 unspecified atom stereocenters. The Morgan fingerprint density at radius 3 is 2.48 bits per heavy atom. The van der Waals surface area contributed by atoms with Gasteiger partial charge in [-0.1, -0.05) is 37.3 Å². The molecule has 0 heterocycles. The number of carbonyl (C=O) groups is 2. The largest absolute Gasteiger partial charge is 0.481 e. The first-order valence-electron chi connectivity index (χ1n) is 7.02. The van der Waals surface area contributed by atoms with Gasteiger partial charge in [-0.2, -0.15) is 0 Å². The number of carboxylic acid groups (broad SMARTS) is 1. The summed E-state index contributed by atoms with van der Waals surface area (Å²) in [5.41, 5.74) is 0.677. The van der Waals surface area contributed by atoms with Crippen LogP contribution in [0.1, 0.15) is 18.4 Å². The minimum absolute atomic E-state index is 0.0643. The summed E-state index contributed by atoms with van der Waals surface area (Å²) in [6, 6.07) is 8.54. The maximum atomic E-state index is 11.6. The third-order valence-electron chi connectivity index (χ3n) is 3.29. The van der Waals surface area contributed by atoms with Crippen molar-refractivity contribution in [1.82, 2.24) is 15.5 Å². The quantitative estimate of drug-likeness (QED) is 0.670. The molecule has 6 heteroatoms. The normalized spacial score (nSPS) is 12.0. The first-order valence-corrected chi connectivity index (χ1v) is 7.02. The highest BCUT2D eigenvalue weighted by Crippen LogP contribution is 2.14. The average molecular weight is 293 g/mol. The number of carboxylic acids is 1. The van der Waals surface area contributed by atoms with Crippen LogP contribution in [0.25, 0.3) is 0 Å². The molecule has 0 aliphatic heterocycles. The average Bonchev–Trinajstić information content (AvgIpc) is 2.48. The molecule has 0 fully saturated rings. The van der Waals surface area contributed by atoms with Gasteiger partial charge in [-0.05, 0) is 19.2 Å². The number of benzene rings is 1. The van der Waals surface area contributed by atoms with Crippen molar-refractivity contribution in [3.63, 3.8) is 0 Å². The van der Waals surface area contributed by atoms with Crippen molar-refractivity contribution in [3.8, 4) is 0 Å². The van der Waals surface area contributed by atoms with Gasteiger partial charge in [-0.3, -0.25) is 4.79 Å². The van der Waals surface area contributed by atoms with E-state index in [1.807, 2.05) is 20.0 Å². The predicted molar refractivity (Wildman–Crippen MR) is 81.4 cm³/mol. The molecule has 2 amide bonds. The summed E-state index contributed by atoms with van der Waals surface area (Å²) in [7, 11) is 1.97. The summed E-state index contributed by atoms with van der Waals surface area (Å²) in [5, 5.41) is 14.6. The Hall–Kier alpha value is -2.08. The number of hydrogen-bond acceptors (Lipinski definition) is 3. The summed E-state index contributed by atoms with van der Waals surface area (Å²) in [6.07, 6.45) is 0. The van der Waals surface area contributed by atoms with Crippen molar-refractivity contribution in [1.29, 1.82) is 0 Å². The van der Waals surface area contributed by atoms with E-state index in [1.54, 1.807) is 24.3 Å². The lowest BCUT2D eigenvalue weighted by atomic mass is 9.99. The molecule has 0 saturated heterocycles. The monoisotopic (exact) mass is 293 g/mol. The molecule has 0 bridgehead atoms. The number of likely N-dealkylation sites (N-methyl/N-ethyl adjacent to an activating group) is 1. The van der Waals surface area contributed by atoms with Crippen LogP contribution in [0.15, 0.2) is 30.3 Å². The van der Waals surface area contributed by atoms with Crippen LogP contribution in [-0.4, -0.2) is 55.2 Å². The van der Waals surface area contributed by atoms with E-state index in [-0.39, 0.29) is 12.6 Å². The van der Waals surface area contributed by atoms with Crippen molar-refractivity contribution >= 4 is 12.0 Å². The number of aliphatic carboxylic acids is 1. The zero-order chi connectivity index (χ0) is 15.7. The third kappa shape index (κ3) is 6.27. The second kappa shape index (κ2) is 8.97. The molecular weight excluding hydrogens is 270 g/mol. The molecule has 21 heavy (non-hydrogen) atoms. The van der Waals surface area contributed by atoms with E-state index in [4.69, 9.17) is 0 Å². The molecule has 3 N–H and O–H groups in total. The van der Waals surface area contributed by atoms with Gasteiger partial charge in [0.2, 0.25) is 0 Å². The Kier molecular flexibility index (Phi) is 7.25. The zero-order valence-electron chi connectivity index (χ0n) is 12.5. The fourth-order valence-corrected chi connectivity index (χ4v) is 1.81. The standard InChI is InChI=1S/C15H23N3O3/c1-3-18(2)10-9-16-15(21)17-11-13(14(19)20)12-7-5-4-6-8-12/h4-8,13H,3,9-11H2,1-2H3,(H,19,20)(H2,16,17,21). The van der Waals surface area contributed by atoms with E-state index >= 15 is 0 Å². The lowest BCUT2D eigenvalue weighted by Crippen LogP contribution is -2.41. The fraction of sp³-hybridized carbons (Fsp3) is 0.467. The summed E-state index contributed by atoms with van der Waals surface area (Å²) < 4.78 is 0. The van der Waals surface area contributed by atoms with Crippen LogP contribution in [0.3, 0.4) is 0 Å². The molecule has 0 aliphatic rings. The molecule has 1 aromatic carbocycles. The van der Waals surface area contributed by atoms with E-state index in [0.29, 0.717) is 12.1 Å². The zero-order valence-corrected chi connectivity index (χ0v) is 12.5. The number of amides is 2. The number of carbonyl (C=O) groups excluding carboxylic acids is 1. The summed E-state index contributed by atoms with van der Waals surface area (Å²) in [6.45, 7) is 4.30. The molecule has 116 valence electrons. The van der Waals surface area contributed by atoms with E-state index in [1.165, 1.54) is 0 Å². The number of hydrogen-bond donors (Lipinski definition) is 3. The number of urea groups is 1. The van der Waals surface area contributed by atoms with Gasteiger partial charge in [-0.15, -0.1) is 0 Å². The third-order valence-corrected chi connectivity index (χ3v) is 3.29. The summed E-state index contributed by atoms with van der Waals surface area (Å²) in [4.78, 5) is 25.0. The van der Waals surface area contributed by atoms with Crippen LogP contribution < -0.4 is 10.6 Å². The van der Waals surface area contributed by atoms with Gasteiger partial charge in [0, 0.05) is 19.6 Å². The van der Waals surface area contributed by atoms with Crippen LogP contribution in [0, 0.1) is 0 Å². The minimum Gasteiger partial charge on any atom is -0.481 e. The molecule has 1 atom stereocenters. The Morgan fingerprint density at radius 2 is 1.90 bits per heavy atom. The van der Waals surface area contributed by atoms with E-state index in [0.717, 1.165) is 13.1 Å². The van der Waals surface area contributed by atoms with Crippen LogP contribution >= 0.6 is 0 Å². The molecule has 0 radical (unpaired) electrons. The van der Waals surface area contributed by atoms with Crippen LogP contribution in [0.2, 0.25) is 0 Å². The van der Waals surface area contributed by atoms with Crippen LogP contribution in [0.4, 0.5) is 4.79 Å². The van der Waals surface area contributed by atoms with Crippen LogP contribution in [-0.2, 0) is 4.79 Å². The first kappa shape index (κ1) is 17.0. The van der Waals surface area contributed by atoms with Crippen molar-refractivity contribution in [2.24, 2.45) is 0 Å². The number of rotatable bonds is 8. The van der Waals surface area contributed by atoms with Gasteiger partial charge in [0.05, 0.1) is 5.92 Å². The van der Waals surface area contributed by atoms with Gasteiger partial charge >= 0.3 is 12.0 Å². The molecule has 0 aromatic heterocycles. The Bertz CT molecular complexity index is 451. The molecule has 6 nitrogen and oxygen atoms in total. The summed E-state index contributed by atoms with van der Waals surface area (Å²) >= 11 is 0. The van der Waals surface area contributed by atoms with Crippen molar-refractivity contribution in [2.75, 3.05) is 33.2 Å². The topological polar surface area (TPSA) is 81.7 Å². The fourth-order valence-electron chi connectivity index (χ4n) is 1.81. The Balaban J connectivity index is 2.40. The molecule has 1 rings (SSSR count). The molecule has 0 spiro atoms. The van der Waals surface area contributed by atoms with Gasteiger partial charge in [0.1, 0.15) is 0 Å². The van der Waals surface area contributed by atoms with Crippen molar-refractivity contribution in [2.45, 2.75) is 12.8 Å². The van der Waals surface area contributed by atoms with Crippen LogP contribution in [0.5, 0.6) is 0 Å². The van der Waals surface area contributed by atoms with Gasteiger partial charge < -0.3 is 20.6 Å². The molecule has 1 aromatic rings. The Morgan fingerprint density at radius 1 is 1.24 bits per heavy atom. The summed E-state index contributed by atoms with van der Waals surface area (Å²) in [5.74, 6) is -1.69. The lowest BCUT2D eigenvalue weighted by molar-refractivity contribution is -0.138. The molecule has 0 saturated carbocycles. The second-order valence-electron chi connectivity index (χ2n) is 4.83. The van der Waals surface area contributed by atoms with Crippen molar-refractivity contribution in [3.05, 3.63) is 35.9 Å². The highest BCUT2D eigenvalue weighted by molar-refractivity contribution is 5.79. The van der Waals surface area contributed by atoms with E-state index in [2.05, 4.69) is 15.5 Å². The van der Waals surface area contributed by atoms with Gasteiger partial charge in [0.15, 0.2) is 0 Å².